The first-order chi connectivity index (χ1) is 15.0. The lowest BCUT2D eigenvalue weighted by Gasteiger charge is -2.52. The molecule has 3 rings (SSSR count). The van der Waals surface area contributed by atoms with Gasteiger partial charge < -0.3 is 4.74 Å². The molecular weight excluding hydrogens is 396 g/mol. The summed E-state index contributed by atoms with van der Waals surface area (Å²) < 4.78 is 5.68. The average Bonchev–Trinajstić information content (AvgIpc) is 3.05. The minimum Gasteiger partial charge on any atom is -0.381 e. The molecule has 0 bridgehead atoms. The molecule has 0 radical (unpaired) electrons. The molecule has 0 aromatic heterocycles. The summed E-state index contributed by atoms with van der Waals surface area (Å²) in [4.78, 5) is 26.3. The van der Waals surface area contributed by atoms with E-state index >= 15 is 0 Å². The molecule has 0 heterocycles. The number of ketones is 2. The Kier molecular flexibility index (Phi) is 8.33. The van der Waals surface area contributed by atoms with Crippen LogP contribution in [0.15, 0.2) is 0 Å². The Balaban J connectivity index is 1.68. The van der Waals surface area contributed by atoms with Crippen molar-refractivity contribution in [1.82, 2.24) is 0 Å². The van der Waals surface area contributed by atoms with Crippen LogP contribution in [-0.2, 0) is 14.3 Å². The van der Waals surface area contributed by atoms with Gasteiger partial charge in [0, 0.05) is 31.3 Å². The van der Waals surface area contributed by atoms with Gasteiger partial charge in [0.2, 0.25) is 0 Å². The van der Waals surface area contributed by atoms with E-state index in [4.69, 9.17) is 4.74 Å². The third-order valence-electron chi connectivity index (χ3n) is 10.7. The summed E-state index contributed by atoms with van der Waals surface area (Å²) in [6.07, 6.45) is 11.4. The Bertz CT molecular complexity index is 669. The van der Waals surface area contributed by atoms with Gasteiger partial charge in [-0.1, -0.05) is 54.4 Å². The van der Waals surface area contributed by atoms with Crippen molar-refractivity contribution >= 4 is 11.6 Å². The molecule has 184 valence electrons. The lowest BCUT2D eigenvalue weighted by Crippen LogP contribution is -2.49. The van der Waals surface area contributed by atoms with E-state index in [1.54, 1.807) is 0 Å². The molecule has 0 aromatic rings. The molecule has 32 heavy (non-hydrogen) atoms. The predicted molar refractivity (Wildman–Crippen MR) is 131 cm³/mol. The number of hydrogen-bond donors (Lipinski definition) is 0. The molecule has 8 unspecified atom stereocenters. The smallest absolute Gasteiger partial charge is 0.139 e. The topological polar surface area (TPSA) is 43.4 Å². The Morgan fingerprint density at radius 1 is 1.00 bits per heavy atom. The number of hydrogen-bond acceptors (Lipinski definition) is 3. The van der Waals surface area contributed by atoms with Gasteiger partial charge in [0.15, 0.2) is 0 Å². The SMILES string of the molecule is COC1CCC2(C)C(CCC(=O)C2CCC2(C)C(=O)CCC2C(C)CCC(C)C(C)C)C1. The van der Waals surface area contributed by atoms with Crippen molar-refractivity contribution in [2.75, 3.05) is 7.11 Å². The molecule has 0 saturated heterocycles. The standard InChI is InChI=1S/C29H50O3/c1-19(2)20(3)8-9-21(4)24-11-13-27(31)29(24,6)17-15-25-26(30)12-10-22-18-23(32-7)14-16-28(22,25)5/h19-25H,8-18H2,1-7H3. The average molecular weight is 447 g/mol. The lowest BCUT2D eigenvalue weighted by molar-refractivity contribution is -0.141. The lowest BCUT2D eigenvalue weighted by atomic mass is 9.53. The van der Waals surface area contributed by atoms with E-state index in [1.165, 1.54) is 12.8 Å². The van der Waals surface area contributed by atoms with Gasteiger partial charge >= 0.3 is 0 Å². The van der Waals surface area contributed by atoms with Gasteiger partial charge in [-0.15, -0.1) is 0 Å². The molecule has 3 nitrogen and oxygen atoms in total. The molecule has 3 aliphatic rings. The monoisotopic (exact) mass is 446 g/mol. The summed E-state index contributed by atoms with van der Waals surface area (Å²) in [5, 5.41) is 0. The van der Waals surface area contributed by atoms with Crippen LogP contribution in [0.4, 0.5) is 0 Å². The van der Waals surface area contributed by atoms with Crippen LogP contribution in [0.25, 0.3) is 0 Å². The highest BCUT2D eigenvalue weighted by molar-refractivity contribution is 5.87. The van der Waals surface area contributed by atoms with Crippen LogP contribution in [0.5, 0.6) is 0 Å². The van der Waals surface area contributed by atoms with Crippen LogP contribution < -0.4 is 0 Å². The molecule has 3 saturated carbocycles. The van der Waals surface area contributed by atoms with Crippen molar-refractivity contribution < 1.29 is 14.3 Å². The zero-order chi connectivity index (χ0) is 23.7. The Labute approximate surface area is 197 Å². The van der Waals surface area contributed by atoms with E-state index in [9.17, 15) is 9.59 Å². The second-order valence-electron chi connectivity index (χ2n) is 12.7. The zero-order valence-corrected chi connectivity index (χ0v) is 22.0. The van der Waals surface area contributed by atoms with Gasteiger partial charge in [0.25, 0.3) is 0 Å². The van der Waals surface area contributed by atoms with Crippen LogP contribution in [0, 0.1) is 46.3 Å². The normalized spacial score (nSPS) is 39.9. The van der Waals surface area contributed by atoms with E-state index in [2.05, 4.69) is 41.5 Å². The summed E-state index contributed by atoms with van der Waals surface area (Å²) in [7, 11) is 1.83. The molecule has 0 aromatic carbocycles. The van der Waals surface area contributed by atoms with Gasteiger partial charge in [-0.25, -0.2) is 0 Å². The van der Waals surface area contributed by atoms with Crippen molar-refractivity contribution in [2.45, 2.75) is 118 Å². The first kappa shape index (κ1) is 25.9. The molecule has 3 fully saturated rings. The van der Waals surface area contributed by atoms with E-state index in [0.717, 1.165) is 69.6 Å². The van der Waals surface area contributed by atoms with Gasteiger partial charge in [-0.2, -0.15) is 0 Å². The summed E-state index contributed by atoms with van der Waals surface area (Å²) in [6.45, 7) is 14.0. The quantitative estimate of drug-likeness (QED) is 0.374. The van der Waals surface area contributed by atoms with Crippen molar-refractivity contribution in [3.8, 4) is 0 Å². The first-order valence-electron chi connectivity index (χ1n) is 13.6. The molecule has 3 heteroatoms. The number of ether oxygens (including phenoxy) is 1. The van der Waals surface area contributed by atoms with Gasteiger partial charge in [-0.3, -0.25) is 9.59 Å². The maximum atomic E-state index is 13.2. The highest BCUT2D eigenvalue weighted by Crippen LogP contribution is 2.56. The second-order valence-corrected chi connectivity index (χ2v) is 12.7. The van der Waals surface area contributed by atoms with Crippen LogP contribution in [0.1, 0.15) is 112 Å². The van der Waals surface area contributed by atoms with Crippen molar-refractivity contribution in [3.63, 3.8) is 0 Å². The molecule has 0 amide bonds. The number of carbonyl (C=O) groups excluding carboxylic acids is 2. The van der Waals surface area contributed by atoms with Crippen LogP contribution in [-0.4, -0.2) is 24.8 Å². The fraction of sp³-hybridized carbons (Fsp3) is 0.931. The van der Waals surface area contributed by atoms with Crippen LogP contribution in [0.3, 0.4) is 0 Å². The highest BCUT2D eigenvalue weighted by Gasteiger charge is 2.53. The molecular formula is C29H50O3. The number of methoxy groups -OCH3 is 1. The van der Waals surface area contributed by atoms with Gasteiger partial charge in [-0.05, 0) is 80.0 Å². The summed E-state index contributed by atoms with van der Waals surface area (Å²) in [5.41, 5.74) is -0.149. The van der Waals surface area contributed by atoms with Crippen LogP contribution in [0.2, 0.25) is 0 Å². The van der Waals surface area contributed by atoms with Gasteiger partial charge in [0.05, 0.1) is 6.10 Å². The van der Waals surface area contributed by atoms with Crippen molar-refractivity contribution in [1.29, 1.82) is 0 Å². The van der Waals surface area contributed by atoms with Crippen molar-refractivity contribution in [2.24, 2.45) is 46.3 Å². The minimum atomic E-state index is -0.242. The molecule has 0 spiro atoms. The number of rotatable bonds is 9. The first-order valence-corrected chi connectivity index (χ1v) is 13.6. The Hall–Kier alpha value is -0.700. The van der Waals surface area contributed by atoms with Crippen molar-refractivity contribution in [3.05, 3.63) is 0 Å². The number of fused-ring (bicyclic) bond motifs is 1. The molecule has 3 aliphatic carbocycles. The second kappa shape index (κ2) is 10.3. The molecule has 8 atom stereocenters. The number of carbonyl (C=O) groups is 2. The summed E-state index contributed by atoms with van der Waals surface area (Å²) in [6, 6.07) is 0. The minimum absolute atomic E-state index is 0.0934. The Morgan fingerprint density at radius 2 is 1.72 bits per heavy atom. The highest BCUT2D eigenvalue weighted by atomic mass is 16.5. The fourth-order valence-electron chi connectivity index (χ4n) is 7.69. The van der Waals surface area contributed by atoms with Crippen LogP contribution >= 0.6 is 0 Å². The van der Waals surface area contributed by atoms with Gasteiger partial charge in [0.1, 0.15) is 11.6 Å². The summed E-state index contributed by atoms with van der Waals surface area (Å²) >= 11 is 0. The van der Waals surface area contributed by atoms with E-state index < -0.39 is 0 Å². The Morgan fingerprint density at radius 3 is 2.38 bits per heavy atom. The van der Waals surface area contributed by atoms with E-state index in [0.29, 0.717) is 35.4 Å². The summed E-state index contributed by atoms with van der Waals surface area (Å²) in [5.74, 6) is 4.14. The number of Topliss-reactive ketones (excluding diaryl/α,β-unsaturated/α-hetero) is 2. The third-order valence-corrected chi connectivity index (χ3v) is 10.7. The van der Waals surface area contributed by atoms with E-state index in [-0.39, 0.29) is 16.7 Å². The zero-order valence-electron chi connectivity index (χ0n) is 22.0. The predicted octanol–water partition coefficient (Wildman–Crippen LogP) is 7.26. The largest absolute Gasteiger partial charge is 0.381 e. The molecule has 0 N–H and O–H groups in total. The third kappa shape index (κ3) is 5.03. The maximum absolute atomic E-state index is 13.2. The molecule has 0 aliphatic heterocycles. The van der Waals surface area contributed by atoms with E-state index in [1.807, 2.05) is 7.11 Å². The maximum Gasteiger partial charge on any atom is 0.139 e. The fourth-order valence-corrected chi connectivity index (χ4v) is 7.69.